The summed E-state index contributed by atoms with van der Waals surface area (Å²) in [4.78, 5) is 0. The van der Waals surface area contributed by atoms with Gasteiger partial charge in [-0.1, -0.05) is 18.2 Å². The van der Waals surface area contributed by atoms with Crippen LogP contribution >= 0.6 is 0 Å². The van der Waals surface area contributed by atoms with Crippen LogP contribution in [0.3, 0.4) is 0 Å². The smallest absolute Gasteiger partial charge is 0.0590 e. The van der Waals surface area contributed by atoms with Crippen molar-refractivity contribution in [2.24, 2.45) is 5.92 Å². The highest BCUT2D eigenvalue weighted by Gasteiger charge is 2.31. The maximum atomic E-state index is 5.72. The SMILES string of the molecule is CNC(Cc1ccc2c(c1)CCC2)C1CCOC1C. The number of aryl methyl sites for hydroxylation is 2. The van der Waals surface area contributed by atoms with Crippen molar-refractivity contribution in [2.45, 2.75) is 51.2 Å². The van der Waals surface area contributed by atoms with Crippen molar-refractivity contribution in [3.8, 4) is 0 Å². The van der Waals surface area contributed by atoms with Crippen LogP contribution in [0.15, 0.2) is 18.2 Å². The quantitative estimate of drug-likeness (QED) is 0.897. The predicted octanol–water partition coefficient (Wildman–Crippen LogP) is 2.73. The van der Waals surface area contributed by atoms with Gasteiger partial charge in [-0.05, 0) is 62.8 Å². The van der Waals surface area contributed by atoms with E-state index in [1.165, 1.54) is 31.2 Å². The fraction of sp³-hybridized carbons (Fsp3) is 0.647. The lowest BCUT2D eigenvalue weighted by Gasteiger charge is -2.25. The molecule has 1 fully saturated rings. The number of nitrogens with one attached hydrogen (secondary N) is 1. The molecule has 0 spiro atoms. The normalized spacial score (nSPS) is 27.5. The number of hydrogen-bond acceptors (Lipinski definition) is 2. The number of ether oxygens (including phenoxy) is 1. The van der Waals surface area contributed by atoms with Gasteiger partial charge in [0.05, 0.1) is 6.10 Å². The Kier molecular flexibility index (Phi) is 3.90. The number of hydrogen-bond donors (Lipinski definition) is 1. The van der Waals surface area contributed by atoms with Crippen LogP contribution < -0.4 is 5.32 Å². The van der Waals surface area contributed by atoms with Gasteiger partial charge in [-0.15, -0.1) is 0 Å². The van der Waals surface area contributed by atoms with Gasteiger partial charge in [0.2, 0.25) is 0 Å². The van der Waals surface area contributed by atoms with Crippen molar-refractivity contribution in [3.05, 3.63) is 34.9 Å². The lowest BCUT2D eigenvalue weighted by atomic mass is 9.88. The summed E-state index contributed by atoms with van der Waals surface area (Å²) in [5.74, 6) is 0.651. The third kappa shape index (κ3) is 2.70. The van der Waals surface area contributed by atoms with Crippen molar-refractivity contribution < 1.29 is 4.74 Å². The molecule has 2 nitrogen and oxygen atoms in total. The fourth-order valence-corrected chi connectivity index (χ4v) is 3.75. The van der Waals surface area contributed by atoms with E-state index in [9.17, 15) is 0 Å². The first kappa shape index (κ1) is 13.1. The molecule has 1 aliphatic heterocycles. The summed E-state index contributed by atoms with van der Waals surface area (Å²) in [7, 11) is 2.09. The van der Waals surface area contributed by atoms with E-state index < -0.39 is 0 Å². The Morgan fingerprint density at radius 2 is 2.16 bits per heavy atom. The van der Waals surface area contributed by atoms with Crippen LogP contribution in [0, 0.1) is 5.92 Å². The molecule has 3 atom stereocenters. The molecule has 0 amide bonds. The second kappa shape index (κ2) is 5.64. The highest BCUT2D eigenvalue weighted by Crippen LogP contribution is 2.28. The lowest BCUT2D eigenvalue weighted by molar-refractivity contribution is 0.0963. The molecule has 1 saturated heterocycles. The molecule has 0 radical (unpaired) electrons. The topological polar surface area (TPSA) is 21.3 Å². The summed E-state index contributed by atoms with van der Waals surface area (Å²) in [5, 5.41) is 3.51. The summed E-state index contributed by atoms with van der Waals surface area (Å²) < 4.78 is 5.72. The molecule has 1 aromatic carbocycles. The molecule has 2 heteroatoms. The van der Waals surface area contributed by atoms with Crippen LogP contribution in [0.4, 0.5) is 0 Å². The number of benzene rings is 1. The molecule has 19 heavy (non-hydrogen) atoms. The van der Waals surface area contributed by atoms with Crippen LogP contribution in [0.25, 0.3) is 0 Å². The Labute approximate surface area is 116 Å². The van der Waals surface area contributed by atoms with Gasteiger partial charge in [0.1, 0.15) is 0 Å². The predicted molar refractivity (Wildman–Crippen MR) is 78.5 cm³/mol. The van der Waals surface area contributed by atoms with Crippen LogP contribution in [0.1, 0.15) is 36.5 Å². The molecule has 1 heterocycles. The van der Waals surface area contributed by atoms with Crippen LogP contribution in [0.2, 0.25) is 0 Å². The molecule has 2 aliphatic rings. The van der Waals surface area contributed by atoms with Crippen LogP contribution in [-0.2, 0) is 24.0 Å². The number of likely N-dealkylation sites (N-methyl/N-ethyl adjacent to an activating group) is 1. The van der Waals surface area contributed by atoms with E-state index in [0.717, 1.165) is 13.0 Å². The van der Waals surface area contributed by atoms with E-state index in [-0.39, 0.29) is 0 Å². The van der Waals surface area contributed by atoms with Gasteiger partial charge >= 0.3 is 0 Å². The third-order valence-corrected chi connectivity index (χ3v) is 4.94. The molecule has 3 unspecified atom stereocenters. The van der Waals surface area contributed by atoms with E-state index in [1.54, 1.807) is 11.1 Å². The van der Waals surface area contributed by atoms with Gasteiger partial charge in [-0.3, -0.25) is 0 Å². The minimum absolute atomic E-state index is 0.395. The Hall–Kier alpha value is -0.860. The zero-order valence-corrected chi connectivity index (χ0v) is 12.1. The van der Waals surface area contributed by atoms with E-state index in [4.69, 9.17) is 4.74 Å². The third-order valence-electron chi connectivity index (χ3n) is 4.94. The summed E-state index contributed by atoms with van der Waals surface area (Å²) in [6, 6.07) is 7.65. The van der Waals surface area contributed by atoms with E-state index >= 15 is 0 Å². The standard InChI is InChI=1S/C17H25NO/c1-12-16(8-9-19-12)17(18-2)11-13-6-7-14-4-3-5-15(14)10-13/h6-7,10,12,16-18H,3-5,8-9,11H2,1-2H3. The monoisotopic (exact) mass is 259 g/mol. The minimum atomic E-state index is 0.395. The Morgan fingerprint density at radius 1 is 1.32 bits per heavy atom. The molecule has 0 aromatic heterocycles. The van der Waals surface area contributed by atoms with Crippen molar-refractivity contribution in [2.75, 3.05) is 13.7 Å². The number of fused-ring (bicyclic) bond motifs is 1. The van der Waals surface area contributed by atoms with Gasteiger partial charge < -0.3 is 10.1 Å². The molecule has 0 bridgehead atoms. The van der Waals surface area contributed by atoms with Gasteiger partial charge in [0.25, 0.3) is 0 Å². The molecule has 1 aromatic rings. The zero-order chi connectivity index (χ0) is 13.2. The Balaban J connectivity index is 1.72. The molecule has 0 saturated carbocycles. The molecule has 3 rings (SSSR count). The minimum Gasteiger partial charge on any atom is -0.378 e. The molecule has 1 N–H and O–H groups in total. The van der Waals surface area contributed by atoms with Crippen molar-refractivity contribution in [1.29, 1.82) is 0 Å². The maximum absolute atomic E-state index is 5.72. The lowest BCUT2D eigenvalue weighted by Crippen LogP contribution is -2.38. The molecule has 104 valence electrons. The second-order valence-corrected chi connectivity index (χ2v) is 6.08. The summed E-state index contributed by atoms with van der Waals surface area (Å²) >= 11 is 0. The average molecular weight is 259 g/mol. The molecular formula is C17H25NO. The fourth-order valence-electron chi connectivity index (χ4n) is 3.75. The first-order valence-corrected chi connectivity index (χ1v) is 7.67. The first-order chi connectivity index (χ1) is 9.28. The first-order valence-electron chi connectivity index (χ1n) is 7.67. The highest BCUT2D eigenvalue weighted by atomic mass is 16.5. The van der Waals surface area contributed by atoms with Gasteiger partial charge in [0.15, 0.2) is 0 Å². The van der Waals surface area contributed by atoms with Gasteiger partial charge in [-0.25, -0.2) is 0 Å². The molecule has 1 aliphatic carbocycles. The van der Waals surface area contributed by atoms with Crippen molar-refractivity contribution in [3.63, 3.8) is 0 Å². The Morgan fingerprint density at radius 3 is 2.89 bits per heavy atom. The average Bonchev–Trinajstić information content (AvgIpc) is 3.04. The second-order valence-electron chi connectivity index (χ2n) is 6.08. The van der Waals surface area contributed by atoms with Crippen LogP contribution in [-0.4, -0.2) is 25.8 Å². The van der Waals surface area contributed by atoms with Gasteiger partial charge in [-0.2, -0.15) is 0 Å². The summed E-state index contributed by atoms with van der Waals surface area (Å²) in [6.07, 6.45) is 6.60. The van der Waals surface area contributed by atoms with Gasteiger partial charge in [0, 0.05) is 18.6 Å². The maximum Gasteiger partial charge on any atom is 0.0590 e. The van der Waals surface area contributed by atoms with E-state index in [2.05, 4.69) is 37.5 Å². The largest absolute Gasteiger partial charge is 0.378 e. The van der Waals surface area contributed by atoms with Crippen molar-refractivity contribution in [1.82, 2.24) is 5.32 Å². The Bertz CT molecular complexity index is 443. The number of rotatable bonds is 4. The molecular weight excluding hydrogens is 234 g/mol. The van der Waals surface area contributed by atoms with Crippen LogP contribution in [0.5, 0.6) is 0 Å². The van der Waals surface area contributed by atoms with Crippen molar-refractivity contribution >= 4 is 0 Å². The summed E-state index contributed by atoms with van der Waals surface area (Å²) in [5.41, 5.74) is 4.64. The zero-order valence-electron chi connectivity index (χ0n) is 12.1. The summed E-state index contributed by atoms with van der Waals surface area (Å²) in [6.45, 7) is 3.14. The highest BCUT2D eigenvalue weighted by molar-refractivity contribution is 5.35. The van der Waals surface area contributed by atoms with E-state index in [0.29, 0.717) is 18.1 Å². The van der Waals surface area contributed by atoms with E-state index in [1.807, 2.05) is 0 Å².